The van der Waals surface area contributed by atoms with E-state index < -0.39 is 11.9 Å². The number of carbonyl (C=O) groups is 3. The minimum absolute atomic E-state index is 0.0567. The highest BCUT2D eigenvalue weighted by Gasteiger charge is 2.46. The molecule has 5 nitrogen and oxygen atoms in total. The SMILES string of the molecule is O=C(O)c1ccc(C2C(C(=O)c3ccccc3)C[C@@H]2c2ccc(C(=O)O)cc2)cc1. The van der Waals surface area contributed by atoms with Crippen LogP contribution in [0, 0.1) is 5.92 Å². The van der Waals surface area contributed by atoms with Crippen LogP contribution in [-0.4, -0.2) is 27.9 Å². The van der Waals surface area contributed by atoms with Crippen molar-refractivity contribution in [2.45, 2.75) is 18.3 Å². The predicted molar refractivity (Wildman–Crippen MR) is 111 cm³/mol. The van der Waals surface area contributed by atoms with Gasteiger partial charge in [-0.15, -0.1) is 0 Å². The van der Waals surface area contributed by atoms with Crippen LogP contribution in [0.2, 0.25) is 0 Å². The van der Waals surface area contributed by atoms with Crippen LogP contribution < -0.4 is 0 Å². The van der Waals surface area contributed by atoms with Gasteiger partial charge in [-0.05, 0) is 47.7 Å². The Labute approximate surface area is 173 Å². The maximum absolute atomic E-state index is 13.1. The van der Waals surface area contributed by atoms with Gasteiger partial charge in [-0.3, -0.25) is 4.79 Å². The van der Waals surface area contributed by atoms with Crippen LogP contribution in [0.5, 0.6) is 0 Å². The first-order valence-corrected chi connectivity index (χ1v) is 9.71. The normalized spacial score (nSPS) is 20.2. The molecule has 0 saturated heterocycles. The maximum Gasteiger partial charge on any atom is 0.335 e. The van der Waals surface area contributed by atoms with Gasteiger partial charge in [0.1, 0.15) is 0 Å². The molecular weight excluding hydrogens is 380 g/mol. The van der Waals surface area contributed by atoms with Crippen molar-refractivity contribution in [1.82, 2.24) is 0 Å². The van der Waals surface area contributed by atoms with Gasteiger partial charge in [0.25, 0.3) is 0 Å². The summed E-state index contributed by atoms with van der Waals surface area (Å²) in [5.41, 5.74) is 2.97. The molecule has 3 aromatic carbocycles. The lowest BCUT2D eigenvalue weighted by Crippen LogP contribution is -2.38. The van der Waals surface area contributed by atoms with E-state index in [-0.39, 0.29) is 34.7 Å². The van der Waals surface area contributed by atoms with Crippen molar-refractivity contribution in [1.29, 1.82) is 0 Å². The quantitative estimate of drug-likeness (QED) is 0.577. The molecule has 30 heavy (non-hydrogen) atoms. The van der Waals surface area contributed by atoms with E-state index >= 15 is 0 Å². The molecule has 0 bridgehead atoms. The summed E-state index contributed by atoms with van der Waals surface area (Å²) in [6, 6.07) is 22.6. The molecule has 1 fully saturated rings. The fraction of sp³-hybridized carbons (Fsp3) is 0.160. The van der Waals surface area contributed by atoms with Crippen molar-refractivity contribution in [2.24, 2.45) is 5.92 Å². The molecule has 1 aliphatic rings. The lowest BCUT2D eigenvalue weighted by molar-refractivity contribution is 0.0685. The van der Waals surface area contributed by atoms with Crippen molar-refractivity contribution in [3.8, 4) is 0 Å². The Balaban J connectivity index is 1.67. The Morgan fingerprint density at radius 2 is 1.13 bits per heavy atom. The van der Waals surface area contributed by atoms with Gasteiger partial charge in [-0.25, -0.2) is 9.59 Å². The first-order valence-electron chi connectivity index (χ1n) is 9.71. The first kappa shape index (κ1) is 19.6. The lowest BCUT2D eigenvalue weighted by Gasteiger charge is -2.45. The molecule has 2 unspecified atom stereocenters. The number of carboxylic acids is 2. The molecule has 1 aliphatic carbocycles. The summed E-state index contributed by atoms with van der Waals surface area (Å²) >= 11 is 0. The smallest absolute Gasteiger partial charge is 0.335 e. The van der Waals surface area contributed by atoms with E-state index in [0.717, 1.165) is 11.1 Å². The van der Waals surface area contributed by atoms with E-state index in [0.29, 0.717) is 12.0 Å². The molecule has 4 rings (SSSR count). The number of ketones is 1. The van der Waals surface area contributed by atoms with Gasteiger partial charge < -0.3 is 10.2 Å². The fourth-order valence-electron chi connectivity index (χ4n) is 4.27. The highest BCUT2D eigenvalue weighted by molar-refractivity contribution is 5.99. The summed E-state index contributed by atoms with van der Waals surface area (Å²) < 4.78 is 0. The first-order chi connectivity index (χ1) is 14.5. The molecule has 0 heterocycles. The molecule has 0 amide bonds. The predicted octanol–water partition coefficient (Wildman–Crippen LogP) is 4.85. The number of hydrogen-bond donors (Lipinski definition) is 2. The third-order valence-corrected chi connectivity index (χ3v) is 5.90. The summed E-state index contributed by atoms with van der Waals surface area (Å²) in [6.45, 7) is 0. The van der Waals surface area contributed by atoms with Gasteiger partial charge in [-0.1, -0.05) is 54.6 Å². The zero-order valence-corrected chi connectivity index (χ0v) is 16.1. The van der Waals surface area contributed by atoms with Crippen molar-refractivity contribution in [3.63, 3.8) is 0 Å². The van der Waals surface area contributed by atoms with E-state index in [2.05, 4.69) is 0 Å². The molecule has 0 spiro atoms. The second-order valence-electron chi connectivity index (χ2n) is 7.56. The van der Waals surface area contributed by atoms with Gasteiger partial charge in [0.05, 0.1) is 11.1 Å². The molecule has 1 saturated carbocycles. The highest BCUT2D eigenvalue weighted by Crippen LogP contribution is 2.54. The van der Waals surface area contributed by atoms with Gasteiger partial charge in [-0.2, -0.15) is 0 Å². The summed E-state index contributed by atoms with van der Waals surface area (Å²) in [7, 11) is 0. The van der Waals surface area contributed by atoms with E-state index in [4.69, 9.17) is 5.11 Å². The molecule has 0 radical (unpaired) electrons. The largest absolute Gasteiger partial charge is 0.478 e. The Hall–Kier alpha value is -3.73. The standard InChI is InChI=1S/C25H20O5/c26-23(17-4-2-1-3-5-17)21-14-20(15-6-10-18(11-7-15)24(27)28)22(21)16-8-12-19(13-9-16)25(29)30/h1-13,20-22H,14H2,(H,27,28)(H,29,30)/t20-,21?,22?/m1/s1. The van der Waals surface area contributed by atoms with Crippen molar-refractivity contribution in [3.05, 3.63) is 107 Å². The zero-order valence-electron chi connectivity index (χ0n) is 16.1. The zero-order chi connectivity index (χ0) is 21.3. The maximum atomic E-state index is 13.1. The number of carbonyl (C=O) groups excluding carboxylic acids is 1. The number of aromatic carboxylic acids is 2. The summed E-state index contributed by atoms with van der Waals surface area (Å²) in [5, 5.41) is 18.3. The van der Waals surface area contributed by atoms with Crippen LogP contribution in [0.3, 0.4) is 0 Å². The van der Waals surface area contributed by atoms with Crippen LogP contribution in [-0.2, 0) is 0 Å². The van der Waals surface area contributed by atoms with Gasteiger partial charge in [0, 0.05) is 17.4 Å². The van der Waals surface area contributed by atoms with Crippen LogP contribution in [0.25, 0.3) is 0 Å². The highest BCUT2D eigenvalue weighted by atomic mass is 16.4. The second kappa shape index (κ2) is 7.95. The number of Topliss-reactive ketones (excluding diaryl/α,β-unsaturated/α-hetero) is 1. The van der Waals surface area contributed by atoms with Gasteiger partial charge in [0.15, 0.2) is 5.78 Å². The number of benzene rings is 3. The van der Waals surface area contributed by atoms with E-state index in [1.54, 1.807) is 48.5 Å². The molecule has 2 N–H and O–H groups in total. The van der Waals surface area contributed by atoms with Gasteiger partial charge in [0.2, 0.25) is 0 Å². The Morgan fingerprint density at radius 3 is 1.63 bits per heavy atom. The van der Waals surface area contributed by atoms with Crippen LogP contribution in [0.1, 0.15) is 60.5 Å². The lowest BCUT2D eigenvalue weighted by atomic mass is 9.57. The third kappa shape index (κ3) is 3.62. The monoisotopic (exact) mass is 400 g/mol. The van der Waals surface area contributed by atoms with E-state index in [1.807, 2.05) is 30.3 Å². The number of carboxylic acid groups (broad SMARTS) is 2. The topological polar surface area (TPSA) is 91.7 Å². The van der Waals surface area contributed by atoms with Crippen molar-refractivity contribution in [2.75, 3.05) is 0 Å². The minimum atomic E-state index is -0.993. The summed E-state index contributed by atoms with van der Waals surface area (Å²) in [6.07, 6.45) is 0.658. The van der Waals surface area contributed by atoms with E-state index in [9.17, 15) is 19.5 Å². The third-order valence-electron chi connectivity index (χ3n) is 5.90. The molecular formula is C25H20O5. The second-order valence-corrected chi connectivity index (χ2v) is 7.56. The summed E-state index contributed by atoms with van der Waals surface area (Å²) in [4.78, 5) is 35.5. The fourth-order valence-corrected chi connectivity index (χ4v) is 4.27. The van der Waals surface area contributed by atoms with Crippen molar-refractivity contribution >= 4 is 17.7 Å². The molecule has 0 aromatic heterocycles. The Kier molecular flexibility index (Phi) is 5.19. The summed E-state index contributed by atoms with van der Waals surface area (Å²) in [5.74, 6) is -2.16. The minimum Gasteiger partial charge on any atom is -0.478 e. The molecule has 5 heteroatoms. The number of rotatable bonds is 6. The molecule has 0 aliphatic heterocycles. The van der Waals surface area contributed by atoms with Crippen LogP contribution in [0.15, 0.2) is 78.9 Å². The van der Waals surface area contributed by atoms with Gasteiger partial charge >= 0.3 is 11.9 Å². The van der Waals surface area contributed by atoms with Crippen LogP contribution in [0.4, 0.5) is 0 Å². The molecule has 3 aromatic rings. The average Bonchev–Trinajstić information content (AvgIpc) is 2.74. The van der Waals surface area contributed by atoms with Crippen molar-refractivity contribution < 1.29 is 24.6 Å². The molecule has 3 atom stereocenters. The molecule has 150 valence electrons. The van der Waals surface area contributed by atoms with E-state index in [1.165, 1.54) is 0 Å². The Bertz CT molecular complexity index is 1080. The Morgan fingerprint density at radius 1 is 0.633 bits per heavy atom. The van der Waals surface area contributed by atoms with Crippen LogP contribution >= 0.6 is 0 Å². The average molecular weight is 400 g/mol. The number of hydrogen-bond acceptors (Lipinski definition) is 3.